The molecular weight excluding hydrogens is 469 g/mol. The van der Waals surface area contributed by atoms with Crippen LogP contribution in [0.2, 0.25) is 0 Å². The number of H-pyrrole nitrogens is 1. The average molecular weight is 495 g/mol. The van der Waals surface area contributed by atoms with E-state index in [9.17, 15) is 26.4 Å². The van der Waals surface area contributed by atoms with E-state index in [2.05, 4.69) is 4.98 Å². The van der Waals surface area contributed by atoms with Crippen LogP contribution in [0.5, 0.6) is 0 Å². The molecule has 3 aromatic rings. The summed E-state index contributed by atoms with van der Waals surface area (Å²) in [5, 5.41) is 0.772. The Morgan fingerprint density at radius 1 is 1.15 bits per heavy atom. The largest absolute Gasteiger partial charge is 0.416 e. The van der Waals surface area contributed by atoms with Gasteiger partial charge in [0.15, 0.2) is 0 Å². The summed E-state index contributed by atoms with van der Waals surface area (Å²) in [5.41, 5.74) is 1.22. The van der Waals surface area contributed by atoms with Crippen LogP contribution < -0.4 is 5.56 Å². The average Bonchev–Trinajstić information content (AvgIpc) is 3.26. The van der Waals surface area contributed by atoms with Gasteiger partial charge in [-0.25, -0.2) is 8.42 Å². The van der Waals surface area contributed by atoms with Crippen LogP contribution in [0.4, 0.5) is 13.2 Å². The van der Waals surface area contributed by atoms with Crippen molar-refractivity contribution in [2.24, 2.45) is 0 Å². The number of aromatic amines is 1. The third kappa shape index (κ3) is 5.03. The summed E-state index contributed by atoms with van der Waals surface area (Å²) in [7, 11) is -4.36. The number of rotatable bonds is 6. The van der Waals surface area contributed by atoms with E-state index in [0.717, 1.165) is 45.4 Å². The van der Waals surface area contributed by atoms with Gasteiger partial charge in [0.05, 0.1) is 16.6 Å². The lowest BCUT2D eigenvalue weighted by atomic mass is 10.0. The molecule has 4 rings (SSSR count). The van der Waals surface area contributed by atoms with Crippen LogP contribution in [-0.4, -0.2) is 37.0 Å². The van der Waals surface area contributed by atoms with E-state index in [1.807, 2.05) is 26.0 Å². The molecule has 34 heavy (non-hydrogen) atoms. The highest BCUT2D eigenvalue weighted by atomic mass is 32.2. The molecule has 0 aliphatic carbocycles. The smallest absolute Gasteiger partial charge is 0.377 e. The van der Waals surface area contributed by atoms with Crippen LogP contribution in [0.15, 0.2) is 52.2 Å². The molecule has 6 nitrogen and oxygen atoms in total. The van der Waals surface area contributed by atoms with Gasteiger partial charge in [-0.2, -0.15) is 17.5 Å². The van der Waals surface area contributed by atoms with Gasteiger partial charge in [-0.3, -0.25) is 4.79 Å². The molecule has 2 aromatic carbocycles. The van der Waals surface area contributed by atoms with Crippen molar-refractivity contribution in [3.63, 3.8) is 0 Å². The number of benzene rings is 2. The number of hydrogen-bond donors (Lipinski definition) is 1. The molecule has 1 fully saturated rings. The SMILES string of the molecule is Cc1cc(C)c2cc(CN(CC3CCCO3)S(=O)(=O)c3cccc(C(F)(F)F)c3)c(=O)[nH]c2c1. The molecule has 1 unspecified atom stereocenters. The van der Waals surface area contributed by atoms with Crippen LogP contribution >= 0.6 is 0 Å². The van der Waals surface area contributed by atoms with E-state index in [1.165, 1.54) is 0 Å². The van der Waals surface area contributed by atoms with Gasteiger partial charge < -0.3 is 9.72 Å². The van der Waals surface area contributed by atoms with E-state index in [1.54, 1.807) is 6.07 Å². The van der Waals surface area contributed by atoms with Gasteiger partial charge in [-0.05, 0) is 68.1 Å². The monoisotopic (exact) mass is 494 g/mol. The van der Waals surface area contributed by atoms with E-state index < -0.39 is 38.3 Å². The van der Waals surface area contributed by atoms with Crippen molar-refractivity contribution < 1.29 is 26.3 Å². The lowest BCUT2D eigenvalue weighted by molar-refractivity contribution is -0.137. The Bertz CT molecular complexity index is 1380. The Hall–Kier alpha value is -2.69. The Morgan fingerprint density at radius 3 is 2.59 bits per heavy atom. The summed E-state index contributed by atoms with van der Waals surface area (Å²) in [5.74, 6) is 0. The number of ether oxygens (including phenoxy) is 1. The van der Waals surface area contributed by atoms with Crippen molar-refractivity contribution >= 4 is 20.9 Å². The highest BCUT2D eigenvalue weighted by Gasteiger charge is 2.34. The van der Waals surface area contributed by atoms with Gasteiger partial charge in [0.1, 0.15) is 0 Å². The number of aryl methyl sites for hydroxylation is 2. The van der Waals surface area contributed by atoms with Crippen LogP contribution in [0.3, 0.4) is 0 Å². The highest BCUT2D eigenvalue weighted by Crippen LogP contribution is 2.32. The Labute approximate surface area is 195 Å². The fourth-order valence-electron chi connectivity index (χ4n) is 4.27. The normalized spacial score (nSPS) is 17.1. The molecular formula is C24H25F3N2O4S. The van der Waals surface area contributed by atoms with Crippen molar-refractivity contribution in [3.05, 3.63) is 75.1 Å². The predicted molar refractivity (Wildman–Crippen MR) is 122 cm³/mol. The van der Waals surface area contributed by atoms with Crippen LogP contribution in [0.25, 0.3) is 10.9 Å². The fraction of sp³-hybridized carbons (Fsp3) is 0.375. The topological polar surface area (TPSA) is 79.5 Å². The van der Waals surface area contributed by atoms with Gasteiger partial charge in [0.25, 0.3) is 5.56 Å². The molecule has 1 aliphatic rings. The zero-order valence-electron chi connectivity index (χ0n) is 18.8. The Kier molecular flexibility index (Phi) is 6.58. The predicted octanol–water partition coefficient (Wildman–Crippen LogP) is 4.53. The standard InChI is InChI=1S/C24H25F3N2O4S/c1-15-9-16(2)21-11-17(23(30)28-22(21)10-15)13-29(14-19-6-4-8-33-19)34(31,32)20-7-3-5-18(12-20)24(25,26)27/h3,5,7,9-12,19H,4,6,8,13-14H2,1-2H3,(H,28,30). The number of nitrogens with zero attached hydrogens (tertiary/aromatic N) is 1. The van der Waals surface area contributed by atoms with Gasteiger partial charge >= 0.3 is 6.18 Å². The second-order valence-corrected chi connectivity index (χ2v) is 10.6. The van der Waals surface area contributed by atoms with Crippen molar-refractivity contribution in [2.45, 2.75) is 50.4 Å². The van der Waals surface area contributed by atoms with Crippen molar-refractivity contribution in [3.8, 4) is 0 Å². The molecule has 0 bridgehead atoms. The zero-order valence-corrected chi connectivity index (χ0v) is 19.6. The van der Waals surface area contributed by atoms with Crippen molar-refractivity contribution in [1.29, 1.82) is 0 Å². The number of nitrogens with one attached hydrogen (secondary N) is 1. The maximum atomic E-state index is 13.5. The molecule has 182 valence electrons. The molecule has 0 radical (unpaired) electrons. The Balaban J connectivity index is 1.76. The molecule has 1 aliphatic heterocycles. The molecule has 1 atom stereocenters. The number of hydrogen-bond acceptors (Lipinski definition) is 4. The minimum absolute atomic E-state index is 0.0665. The number of halogens is 3. The molecule has 0 saturated carbocycles. The summed E-state index contributed by atoms with van der Waals surface area (Å²) < 4.78 is 73.3. The number of pyridine rings is 1. The Morgan fingerprint density at radius 2 is 1.91 bits per heavy atom. The van der Waals surface area contributed by atoms with Crippen LogP contribution in [0, 0.1) is 13.8 Å². The molecule has 10 heteroatoms. The van der Waals surface area contributed by atoms with Gasteiger partial charge in [0.2, 0.25) is 10.0 Å². The third-order valence-electron chi connectivity index (χ3n) is 5.97. The number of fused-ring (bicyclic) bond motifs is 1. The van der Waals surface area contributed by atoms with Gasteiger partial charge in [-0.1, -0.05) is 12.1 Å². The first kappa shape index (κ1) is 24.4. The van der Waals surface area contributed by atoms with Crippen molar-refractivity contribution in [2.75, 3.05) is 13.2 Å². The van der Waals surface area contributed by atoms with E-state index in [4.69, 9.17) is 4.74 Å². The zero-order chi connectivity index (χ0) is 24.7. The summed E-state index contributed by atoms with van der Waals surface area (Å²) in [4.78, 5) is 15.1. The second kappa shape index (κ2) is 9.16. The van der Waals surface area contributed by atoms with Crippen LogP contribution in [-0.2, 0) is 27.5 Å². The molecule has 2 heterocycles. The summed E-state index contributed by atoms with van der Waals surface area (Å²) in [6.45, 7) is 3.92. The van der Waals surface area contributed by atoms with E-state index in [-0.39, 0.29) is 18.7 Å². The first-order valence-corrected chi connectivity index (χ1v) is 12.3. The quantitative estimate of drug-likeness (QED) is 0.546. The van der Waals surface area contributed by atoms with Gasteiger partial charge in [0, 0.05) is 36.2 Å². The van der Waals surface area contributed by atoms with Crippen molar-refractivity contribution in [1.82, 2.24) is 9.29 Å². The molecule has 1 N–H and O–H groups in total. The molecule has 0 amide bonds. The molecule has 1 saturated heterocycles. The second-order valence-electron chi connectivity index (χ2n) is 8.62. The number of sulfonamides is 1. The number of aromatic nitrogens is 1. The minimum atomic E-state index is -4.68. The summed E-state index contributed by atoms with van der Waals surface area (Å²) >= 11 is 0. The third-order valence-corrected chi connectivity index (χ3v) is 7.77. The lowest BCUT2D eigenvalue weighted by Gasteiger charge is -2.25. The van der Waals surface area contributed by atoms with Crippen LogP contribution in [0.1, 0.15) is 35.1 Å². The summed E-state index contributed by atoms with van der Waals surface area (Å²) in [6.07, 6.45) is -3.70. The molecule has 1 aromatic heterocycles. The lowest BCUT2D eigenvalue weighted by Crippen LogP contribution is -2.38. The summed E-state index contributed by atoms with van der Waals surface area (Å²) in [6, 6.07) is 9.06. The maximum absolute atomic E-state index is 13.5. The minimum Gasteiger partial charge on any atom is -0.377 e. The highest BCUT2D eigenvalue weighted by molar-refractivity contribution is 7.89. The molecule has 0 spiro atoms. The maximum Gasteiger partial charge on any atom is 0.416 e. The van der Waals surface area contributed by atoms with Gasteiger partial charge in [-0.15, -0.1) is 0 Å². The van der Waals surface area contributed by atoms with E-state index in [0.29, 0.717) is 24.6 Å². The fourth-order valence-corrected chi connectivity index (χ4v) is 5.76. The number of alkyl halides is 3. The first-order chi connectivity index (χ1) is 15.9. The first-order valence-electron chi connectivity index (χ1n) is 10.9. The van der Waals surface area contributed by atoms with E-state index >= 15 is 0 Å².